The van der Waals surface area contributed by atoms with Crippen LogP contribution in [0, 0.1) is 6.92 Å². The number of carboxylic acids is 1. The number of carboxylic acid groups (broad SMARTS) is 1. The van der Waals surface area contributed by atoms with E-state index in [1.165, 1.54) is 6.92 Å². The van der Waals surface area contributed by atoms with Gasteiger partial charge in [-0.2, -0.15) is 0 Å². The average molecular weight is 305 g/mol. The Balaban J connectivity index is 2.68. The molecule has 0 aliphatic carbocycles. The molecule has 1 aromatic rings. The molecule has 0 aromatic heterocycles. The van der Waals surface area contributed by atoms with Gasteiger partial charge in [-0.15, -0.1) is 0 Å². The Hall–Kier alpha value is -1.30. The molecule has 104 valence electrons. The molecule has 0 saturated heterocycles. The van der Waals surface area contributed by atoms with Crippen LogP contribution in [0.25, 0.3) is 0 Å². The average Bonchev–Trinajstić information content (AvgIpc) is 2.36. The first kappa shape index (κ1) is 15.8. The largest absolute Gasteiger partial charge is 0.480 e. The van der Waals surface area contributed by atoms with Gasteiger partial charge in [-0.3, -0.25) is 14.9 Å². The van der Waals surface area contributed by atoms with Gasteiger partial charge in [0, 0.05) is 0 Å². The van der Waals surface area contributed by atoms with Crippen molar-refractivity contribution in [2.45, 2.75) is 19.9 Å². The summed E-state index contributed by atoms with van der Waals surface area (Å²) in [7, 11) is 0. The molecule has 7 heteroatoms. The van der Waals surface area contributed by atoms with Crippen LogP contribution in [0.1, 0.15) is 12.5 Å². The van der Waals surface area contributed by atoms with Crippen molar-refractivity contribution < 1.29 is 14.7 Å². The molecule has 1 amide bonds. The van der Waals surface area contributed by atoms with Crippen molar-refractivity contribution in [1.82, 2.24) is 5.32 Å². The van der Waals surface area contributed by atoms with Gasteiger partial charge in [0.25, 0.3) is 0 Å². The fourth-order valence-corrected chi connectivity index (χ4v) is 1.75. The van der Waals surface area contributed by atoms with Gasteiger partial charge in [-0.25, -0.2) is 0 Å². The van der Waals surface area contributed by atoms with Crippen LogP contribution in [0.4, 0.5) is 5.69 Å². The van der Waals surface area contributed by atoms with E-state index < -0.39 is 17.9 Å². The number of amides is 1. The third kappa shape index (κ3) is 4.38. The summed E-state index contributed by atoms with van der Waals surface area (Å²) in [4.78, 5) is 22.3. The van der Waals surface area contributed by atoms with Crippen molar-refractivity contribution in [2.75, 3.05) is 11.9 Å². The molecule has 5 nitrogen and oxygen atoms in total. The van der Waals surface area contributed by atoms with Gasteiger partial charge in [0.15, 0.2) is 0 Å². The van der Waals surface area contributed by atoms with E-state index in [-0.39, 0.29) is 6.54 Å². The van der Waals surface area contributed by atoms with Crippen molar-refractivity contribution in [3.63, 3.8) is 0 Å². The van der Waals surface area contributed by atoms with E-state index in [9.17, 15) is 9.59 Å². The minimum Gasteiger partial charge on any atom is -0.480 e. The number of aliphatic carboxylic acids is 1. The predicted octanol–water partition coefficient (Wildman–Crippen LogP) is 2.30. The lowest BCUT2D eigenvalue weighted by Crippen LogP contribution is -2.39. The predicted molar refractivity (Wildman–Crippen MR) is 74.9 cm³/mol. The first-order chi connectivity index (χ1) is 8.82. The van der Waals surface area contributed by atoms with E-state index in [4.69, 9.17) is 28.3 Å². The van der Waals surface area contributed by atoms with Crippen molar-refractivity contribution in [3.8, 4) is 0 Å². The Morgan fingerprint density at radius 3 is 2.58 bits per heavy atom. The van der Waals surface area contributed by atoms with Crippen LogP contribution in [0.15, 0.2) is 12.1 Å². The van der Waals surface area contributed by atoms with Gasteiger partial charge >= 0.3 is 5.97 Å². The Kier molecular flexibility index (Phi) is 5.60. The van der Waals surface area contributed by atoms with Crippen LogP contribution in [-0.4, -0.2) is 29.6 Å². The molecule has 0 fully saturated rings. The number of rotatable bonds is 5. The first-order valence-electron chi connectivity index (χ1n) is 5.53. The molecule has 1 aromatic carbocycles. The highest BCUT2D eigenvalue weighted by molar-refractivity contribution is 6.40. The van der Waals surface area contributed by atoms with Crippen molar-refractivity contribution in [3.05, 3.63) is 27.7 Å². The third-order valence-electron chi connectivity index (χ3n) is 2.49. The van der Waals surface area contributed by atoms with Gasteiger partial charge in [0.05, 0.1) is 22.3 Å². The van der Waals surface area contributed by atoms with Crippen LogP contribution in [0.3, 0.4) is 0 Å². The maximum atomic E-state index is 11.7. The first-order valence-corrected chi connectivity index (χ1v) is 6.29. The van der Waals surface area contributed by atoms with E-state index in [0.29, 0.717) is 15.7 Å². The zero-order chi connectivity index (χ0) is 14.6. The monoisotopic (exact) mass is 304 g/mol. The number of aryl methyl sites for hydroxylation is 1. The fraction of sp³-hybridized carbons (Fsp3) is 0.333. The van der Waals surface area contributed by atoms with Gasteiger partial charge in [-0.1, -0.05) is 29.3 Å². The maximum Gasteiger partial charge on any atom is 0.320 e. The smallest absolute Gasteiger partial charge is 0.320 e. The molecule has 0 unspecified atom stereocenters. The standard InChI is InChI=1S/C12H14Cl2N2O3/c1-6-3-4-8(13)11(10(6)14)16-9(17)5-15-7(2)12(18)19/h3-4,7,15H,5H2,1-2H3,(H,16,17)(H,18,19)/t7-/m1/s1. The number of nitrogens with one attached hydrogen (secondary N) is 2. The molecule has 3 N–H and O–H groups in total. The summed E-state index contributed by atoms with van der Waals surface area (Å²) in [6, 6.07) is 2.56. The zero-order valence-corrected chi connectivity index (χ0v) is 12.0. The minimum atomic E-state index is -1.03. The molecule has 0 radical (unpaired) electrons. The van der Waals surface area contributed by atoms with E-state index in [1.54, 1.807) is 19.1 Å². The second-order valence-corrected chi connectivity index (χ2v) is 4.83. The second-order valence-electron chi connectivity index (χ2n) is 4.04. The number of hydrogen-bond donors (Lipinski definition) is 3. The van der Waals surface area contributed by atoms with E-state index in [0.717, 1.165) is 5.56 Å². The molecule has 1 rings (SSSR count). The SMILES string of the molecule is Cc1ccc(Cl)c(NC(=O)CN[C@H](C)C(=O)O)c1Cl. The van der Waals surface area contributed by atoms with Gasteiger partial charge < -0.3 is 10.4 Å². The van der Waals surface area contributed by atoms with Gasteiger partial charge in [0.2, 0.25) is 5.91 Å². The highest BCUT2D eigenvalue weighted by Crippen LogP contribution is 2.32. The number of halogens is 2. The fourth-order valence-electron chi connectivity index (χ4n) is 1.29. The normalized spacial score (nSPS) is 12.0. The Morgan fingerprint density at radius 2 is 2.00 bits per heavy atom. The summed E-state index contributed by atoms with van der Waals surface area (Å²) in [5, 5.41) is 14.5. The topological polar surface area (TPSA) is 78.4 Å². The summed E-state index contributed by atoms with van der Waals surface area (Å²) >= 11 is 12.0. The Morgan fingerprint density at radius 1 is 1.37 bits per heavy atom. The van der Waals surface area contributed by atoms with Crippen LogP contribution in [0.2, 0.25) is 10.0 Å². The summed E-state index contributed by atoms with van der Waals surface area (Å²) in [6.07, 6.45) is 0. The number of carbonyl (C=O) groups excluding carboxylic acids is 1. The third-order valence-corrected chi connectivity index (χ3v) is 3.29. The quantitative estimate of drug-likeness (QED) is 0.780. The highest BCUT2D eigenvalue weighted by Gasteiger charge is 2.14. The second kappa shape index (κ2) is 6.75. The van der Waals surface area contributed by atoms with Crippen molar-refractivity contribution in [1.29, 1.82) is 0 Å². The summed E-state index contributed by atoms with van der Waals surface area (Å²) < 4.78 is 0. The number of benzene rings is 1. The molecule has 0 aliphatic heterocycles. The molecule has 0 spiro atoms. The molecule has 0 bridgehead atoms. The molecule has 0 saturated carbocycles. The van der Waals surface area contributed by atoms with Crippen LogP contribution >= 0.6 is 23.2 Å². The van der Waals surface area contributed by atoms with Crippen LogP contribution in [0.5, 0.6) is 0 Å². The van der Waals surface area contributed by atoms with Gasteiger partial charge in [0.1, 0.15) is 6.04 Å². The summed E-state index contributed by atoms with van der Waals surface area (Å²) in [5.41, 5.74) is 1.12. The zero-order valence-electron chi connectivity index (χ0n) is 10.5. The molecule has 0 heterocycles. The number of hydrogen-bond acceptors (Lipinski definition) is 3. The number of carbonyl (C=O) groups is 2. The highest BCUT2D eigenvalue weighted by atomic mass is 35.5. The lowest BCUT2D eigenvalue weighted by atomic mass is 10.2. The maximum absolute atomic E-state index is 11.7. The summed E-state index contributed by atoms with van der Waals surface area (Å²) in [5.74, 6) is -1.44. The Bertz CT molecular complexity index is 506. The van der Waals surface area contributed by atoms with E-state index in [1.807, 2.05) is 0 Å². The molecular formula is C12H14Cl2N2O3. The lowest BCUT2D eigenvalue weighted by molar-refractivity contribution is -0.139. The molecule has 1 atom stereocenters. The van der Waals surface area contributed by atoms with E-state index >= 15 is 0 Å². The minimum absolute atomic E-state index is 0.145. The van der Waals surface area contributed by atoms with Crippen LogP contribution < -0.4 is 10.6 Å². The van der Waals surface area contributed by atoms with Crippen molar-refractivity contribution in [2.24, 2.45) is 0 Å². The molecule has 19 heavy (non-hydrogen) atoms. The van der Waals surface area contributed by atoms with Gasteiger partial charge in [-0.05, 0) is 25.5 Å². The molecular weight excluding hydrogens is 291 g/mol. The van der Waals surface area contributed by atoms with Crippen LogP contribution in [-0.2, 0) is 9.59 Å². The van der Waals surface area contributed by atoms with E-state index in [2.05, 4.69) is 10.6 Å². The number of anilines is 1. The Labute approximate surface area is 120 Å². The summed E-state index contributed by atoms with van der Waals surface area (Å²) in [6.45, 7) is 3.09. The molecule has 0 aliphatic rings. The van der Waals surface area contributed by atoms with Crippen molar-refractivity contribution >= 4 is 40.8 Å². The lowest BCUT2D eigenvalue weighted by Gasteiger charge is -2.12.